The van der Waals surface area contributed by atoms with Gasteiger partial charge in [-0.1, -0.05) is 27.7 Å². The molecule has 2 nitrogen and oxygen atoms in total. The Morgan fingerprint density at radius 3 is 2.31 bits per heavy atom. The molecule has 2 heteroatoms. The van der Waals surface area contributed by atoms with Crippen molar-refractivity contribution in [2.75, 3.05) is 13.1 Å². The first kappa shape index (κ1) is 10.7. The Bertz CT molecular complexity index is 189. The summed E-state index contributed by atoms with van der Waals surface area (Å²) in [5.41, 5.74) is 0. The molecule has 1 aliphatic heterocycles. The maximum Gasteiger partial charge on any atom is 0.140 e. The predicted molar refractivity (Wildman–Crippen MR) is 54.5 cm³/mol. The third kappa shape index (κ3) is 2.31. The number of hydrogen-bond donors (Lipinski definition) is 1. The largest absolute Gasteiger partial charge is 0.316 e. The van der Waals surface area contributed by atoms with E-state index in [1.54, 1.807) is 0 Å². The fourth-order valence-corrected chi connectivity index (χ4v) is 1.86. The highest BCUT2D eigenvalue weighted by Crippen LogP contribution is 2.23. The molecule has 3 atom stereocenters. The van der Waals surface area contributed by atoms with Gasteiger partial charge in [0.1, 0.15) is 5.78 Å². The second kappa shape index (κ2) is 4.23. The van der Waals surface area contributed by atoms with Gasteiger partial charge in [0.15, 0.2) is 0 Å². The van der Waals surface area contributed by atoms with E-state index in [2.05, 4.69) is 33.0 Å². The van der Waals surface area contributed by atoms with Gasteiger partial charge in [-0.3, -0.25) is 4.79 Å². The molecule has 1 aliphatic rings. The highest BCUT2D eigenvalue weighted by atomic mass is 16.1. The fraction of sp³-hybridized carbons (Fsp3) is 0.909. The lowest BCUT2D eigenvalue weighted by Crippen LogP contribution is -2.29. The van der Waals surface area contributed by atoms with Crippen LogP contribution in [-0.2, 0) is 4.79 Å². The monoisotopic (exact) mass is 183 g/mol. The van der Waals surface area contributed by atoms with E-state index in [0.29, 0.717) is 17.6 Å². The van der Waals surface area contributed by atoms with E-state index in [0.717, 1.165) is 13.1 Å². The fourth-order valence-electron chi connectivity index (χ4n) is 1.86. The van der Waals surface area contributed by atoms with E-state index in [-0.39, 0.29) is 11.8 Å². The lowest BCUT2D eigenvalue weighted by atomic mass is 9.82. The Labute approximate surface area is 81.1 Å². The van der Waals surface area contributed by atoms with Crippen molar-refractivity contribution in [3.8, 4) is 0 Å². The molecule has 1 heterocycles. The Hall–Kier alpha value is -0.370. The summed E-state index contributed by atoms with van der Waals surface area (Å²) in [5.74, 6) is 1.92. The van der Waals surface area contributed by atoms with Crippen LogP contribution in [0.5, 0.6) is 0 Å². The minimum absolute atomic E-state index is 0.215. The van der Waals surface area contributed by atoms with Gasteiger partial charge in [0, 0.05) is 18.4 Å². The lowest BCUT2D eigenvalue weighted by molar-refractivity contribution is -0.127. The molecule has 1 saturated heterocycles. The molecule has 1 rings (SSSR count). The van der Waals surface area contributed by atoms with Crippen LogP contribution in [0.15, 0.2) is 0 Å². The zero-order chi connectivity index (χ0) is 10.0. The molecule has 0 radical (unpaired) electrons. The van der Waals surface area contributed by atoms with Crippen LogP contribution in [-0.4, -0.2) is 18.9 Å². The first-order chi connectivity index (χ1) is 6.04. The van der Waals surface area contributed by atoms with Crippen molar-refractivity contribution in [2.24, 2.45) is 23.7 Å². The summed E-state index contributed by atoms with van der Waals surface area (Å²) in [5, 5.41) is 3.28. The zero-order valence-corrected chi connectivity index (χ0v) is 9.13. The summed E-state index contributed by atoms with van der Waals surface area (Å²) in [4.78, 5) is 12.0. The van der Waals surface area contributed by atoms with Gasteiger partial charge in [0.05, 0.1) is 0 Å². The molecular formula is C11H21NO. The molecule has 0 aromatic heterocycles. The molecule has 0 bridgehead atoms. The number of carbonyl (C=O) groups is 1. The van der Waals surface area contributed by atoms with Crippen LogP contribution in [0.25, 0.3) is 0 Å². The molecule has 1 fully saturated rings. The van der Waals surface area contributed by atoms with Crippen molar-refractivity contribution in [3.05, 3.63) is 0 Å². The van der Waals surface area contributed by atoms with Gasteiger partial charge < -0.3 is 5.32 Å². The standard InChI is InChI=1S/C11H21NO/c1-7(2)9(4)11(13)10-6-12-5-8(10)3/h7-10,12H,5-6H2,1-4H3. The summed E-state index contributed by atoms with van der Waals surface area (Å²) in [7, 11) is 0. The Kier molecular flexibility index (Phi) is 3.48. The van der Waals surface area contributed by atoms with Crippen molar-refractivity contribution in [1.29, 1.82) is 0 Å². The van der Waals surface area contributed by atoms with Gasteiger partial charge in [-0.05, 0) is 18.4 Å². The van der Waals surface area contributed by atoms with E-state index in [9.17, 15) is 4.79 Å². The second-order valence-electron chi connectivity index (χ2n) is 4.68. The molecule has 0 aromatic carbocycles. The highest BCUT2D eigenvalue weighted by molar-refractivity contribution is 5.84. The number of rotatable bonds is 3. The quantitative estimate of drug-likeness (QED) is 0.721. The van der Waals surface area contributed by atoms with Crippen molar-refractivity contribution in [1.82, 2.24) is 5.32 Å². The average molecular weight is 183 g/mol. The predicted octanol–water partition coefficient (Wildman–Crippen LogP) is 1.70. The van der Waals surface area contributed by atoms with Gasteiger partial charge in [-0.15, -0.1) is 0 Å². The third-order valence-electron chi connectivity index (χ3n) is 3.33. The maximum atomic E-state index is 12.0. The van der Waals surface area contributed by atoms with Crippen molar-refractivity contribution < 1.29 is 4.79 Å². The van der Waals surface area contributed by atoms with Gasteiger partial charge in [-0.25, -0.2) is 0 Å². The molecule has 0 saturated carbocycles. The normalized spacial score (nSPS) is 30.8. The van der Waals surface area contributed by atoms with Crippen LogP contribution < -0.4 is 5.32 Å². The molecule has 0 aliphatic carbocycles. The SMILES string of the molecule is CC(C)C(C)C(=O)C1CNCC1C. The van der Waals surface area contributed by atoms with Crippen molar-refractivity contribution in [2.45, 2.75) is 27.7 Å². The molecule has 1 N–H and O–H groups in total. The van der Waals surface area contributed by atoms with Crippen LogP contribution in [0, 0.1) is 23.7 Å². The maximum absolute atomic E-state index is 12.0. The van der Waals surface area contributed by atoms with Gasteiger partial charge in [0.25, 0.3) is 0 Å². The summed E-state index contributed by atoms with van der Waals surface area (Å²) in [6.45, 7) is 10.3. The molecule has 3 unspecified atom stereocenters. The minimum Gasteiger partial charge on any atom is -0.316 e. The number of Topliss-reactive ketones (excluding diaryl/α,β-unsaturated/α-hetero) is 1. The summed E-state index contributed by atoms with van der Waals surface area (Å²) >= 11 is 0. The van der Waals surface area contributed by atoms with E-state index in [1.807, 2.05) is 0 Å². The molecule has 0 spiro atoms. The number of hydrogen-bond acceptors (Lipinski definition) is 2. The van der Waals surface area contributed by atoms with Crippen LogP contribution in [0.3, 0.4) is 0 Å². The van der Waals surface area contributed by atoms with E-state index >= 15 is 0 Å². The Balaban J connectivity index is 2.56. The summed E-state index contributed by atoms with van der Waals surface area (Å²) < 4.78 is 0. The zero-order valence-electron chi connectivity index (χ0n) is 9.13. The van der Waals surface area contributed by atoms with Crippen LogP contribution in [0.1, 0.15) is 27.7 Å². The van der Waals surface area contributed by atoms with E-state index in [1.165, 1.54) is 0 Å². The van der Waals surface area contributed by atoms with Crippen molar-refractivity contribution >= 4 is 5.78 Å². The number of carbonyl (C=O) groups excluding carboxylic acids is 1. The average Bonchev–Trinajstić information content (AvgIpc) is 2.48. The van der Waals surface area contributed by atoms with Crippen molar-refractivity contribution in [3.63, 3.8) is 0 Å². The molecule has 13 heavy (non-hydrogen) atoms. The second-order valence-corrected chi connectivity index (χ2v) is 4.68. The number of ketones is 1. The molecule has 76 valence electrons. The molecule has 0 amide bonds. The first-order valence-corrected chi connectivity index (χ1v) is 5.28. The Morgan fingerprint density at radius 1 is 1.31 bits per heavy atom. The van der Waals surface area contributed by atoms with Gasteiger partial charge in [-0.2, -0.15) is 0 Å². The third-order valence-corrected chi connectivity index (χ3v) is 3.33. The number of nitrogens with one attached hydrogen (secondary N) is 1. The minimum atomic E-state index is 0.215. The van der Waals surface area contributed by atoms with Crippen LogP contribution in [0.4, 0.5) is 0 Å². The summed E-state index contributed by atoms with van der Waals surface area (Å²) in [6, 6.07) is 0. The summed E-state index contributed by atoms with van der Waals surface area (Å²) in [6.07, 6.45) is 0. The smallest absolute Gasteiger partial charge is 0.140 e. The Morgan fingerprint density at radius 2 is 1.92 bits per heavy atom. The topological polar surface area (TPSA) is 29.1 Å². The molecular weight excluding hydrogens is 162 g/mol. The lowest BCUT2D eigenvalue weighted by Gasteiger charge is -2.20. The van der Waals surface area contributed by atoms with Crippen LogP contribution in [0.2, 0.25) is 0 Å². The van der Waals surface area contributed by atoms with Gasteiger partial charge in [0.2, 0.25) is 0 Å². The van der Waals surface area contributed by atoms with E-state index < -0.39 is 0 Å². The molecule has 0 aromatic rings. The van der Waals surface area contributed by atoms with E-state index in [4.69, 9.17) is 0 Å². The first-order valence-electron chi connectivity index (χ1n) is 5.28. The van der Waals surface area contributed by atoms with Crippen LogP contribution >= 0.6 is 0 Å². The highest BCUT2D eigenvalue weighted by Gasteiger charge is 2.32. The van der Waals surface area contributed by atoms with Gasteiger partial charge >= 0.3 is 0 Å².